The SMILES string of the molecule is [CH2]S(C)(=O)=O.[LiH]. The maximum atomic E-state index is 9.52. The predicted molar refractivity (Wildman–Crippen MR) is 27.3 cm³/mol. The van der Waals surface area contributed by atoms with Crippen LogP contribution in [0.4, 0.5) is 0 Å². The van der Waals surface area contributed by atoms with Gasteiger partial charge in [-0.15, -0.1) is 0 Å². The average Bonchev–Trinajstić information content (AvgIpc) is 0.722. The summed E-state index contributed by atoms with van der Waals surface area (Å²) in [6.07, 6.45) is 3.79. The van der Waals surface area contributed by atoms with Crippen molar-refractivity contribution in [2.75, 3.05) is 6.26 Å². The Morgan fingerprint density at radius 1 is 1.50 bits per heavy atom. The first-order chi connectivity index (χ1) is 2.00. The summed E-state index contributed by atoms with van der Waals surface area (Å²) in [5.74, 6) is 0. The third kappa shape index (κ3) is 191. The van der Waals surface area contributed by atoms with E-state index in [-0.39, 0.29) is 18.9 Å². The van der Waals surface area contributed by atoms with Crippen molar-refractivity contribution in [1.29, 1.82) is 0 Å². The van der Waals surface area contributed by atoms with Crippen LogP contribution in [-0.2, 0) is 9.84 Å². The zero-order valence-corrected chi connectivity index (χ0v) is 3.75. The van der Waals surface area contributed by atoms with Crippen LogP contribution in [0.2, 0.25) is 0 Å². The molecule has 1 radical (unpaired) electrons. The normalized spacial score (nSPS) is 9.67. The quantitative estimate of drug-likeness (QED) is 0.373. The first kappa shape index (κ1) is 9.74. The van der Waals surface area contributed by atoms with Crippen LogP contribution in [0.1, 0.15) is 0 Å². The van der Waals surface area contributed by atoms with Crippen LogP contribution >= 0.6 is 0 Å². The summed E-state index contributed by atoms with van der Waals surface area (Å²) >= 11 is 0. The number of hydrogen-bond acceptors (Lipinski definition) is 2. The summed E-state index contributed by atoms with van der Waals surface area (Å²) in [4.78, 5) is 0. The summed E-state index contributed by atoms with van der Waals surface area (Å²) in [6.45, 7) is 0. The van der Waals surface area contributed by atoms with Gasteiger partial charge in [0.15, 0.2) is 0 Å². The molecule has 6 heavy (non-hydrogen) atoms. The molecule has 0 saturated carbocycles. The van der Waals surface area contributed by atoms with E-state index in [4.69, 9.17) is 0 Å². The first-order valence-corrected chi connectivity index (χ1v) is 3.09. The summed E-state index contributed by atoms with van der Waals surface area (Å²) in [6, 6.07) is 0. The van der Waals surface area contributed by atoms with Crippen LogP contribution in [0.3, 0.4) is 0 Å². The Bertz CT molecular complexity index is 94.7. The zero-order valence-electron chi connectivity index (χ0n) is 2.93. The van der Waals surface area contributed by atoms with E-state index in [9.17, 15) is 8.42 Å². The Morgan fingerprint density at radius 3 is 1.50 bits per heavy atom. The van der Waals surface area contributed by atoms with Gasteiger partial charge in [0.2, 0.25) is 0 Å². The molecule has 0 saturated heterocycles. The van der Waals surface area contributed by atoms with Gasteiger partial charge in [-0.05, 0) is 0 Å². The van der Waals surface area contributed by atoms with E-state index in [0.29, 0.717) is 0 Å². The molecular weight excluding hydrogens is 95.0 g/mol. The molecule has 0 aliphatic rings. The van der Waals surface area contributed by atoms with Crippen molar-refractivity contribution in [3.05, 3.63) is 6.26 Å². The molecule has 0 unspecified atom stereocenters. The van der Waals surface area contributed by atoms with Crippen LogP contribution in [0, 0.1) is 6.26 Å². The summed E-state index contributed by atoms with van der Waals surface area (Å²) in [5.41, 5.74) is 0. The Labute approximate surface area is 50.0 Å². The van der Waals surface area contributed by atoms with E-state index < -0.39 is 9.84 Å². The fourth-order valence-corrected chi connectivity index (χ4v) is 0. The molecule has 33 valence electrons. The van der Waals surface area contributed by atoms with E-state index in [2.05, 4.69) is 6.26 Å². The Morgan fingerprint density at radius 2 is 1.50 bits per heavy atom. The van der Waals surface area contributed by atoms with E-state index in [1.807, 2.05) is 0 Å². The molecule has 0 rings (SSSR count). The molecule has 0 aromatic rings. The van der Waals surface area contributed by atoms with Gasteiger partial charge in [0, 0.05) is 6.26 Å². The van der Waals surface area contributed by atoms with Crippen LogP contribution < -0.4 is 0 Å². The third-order valence-corrected chi connectivity index (χ3v) is 0. The van der Waals surface area contributed by atoms with E-state index in [1.54, 1.807) is 0 Å². The molecular formula is C2H6LiO2S. The molecule has 4 heteroatoms. The molecule has 0 bridgehead atoms. The van der Waals surface area contributed by atoms with Crippen molar-refractivity contribution in [1.82, 2.24) is 0 Å². The number of sulfone groups is 1. The second-order valence-corrected chi connectivity index (χ2v) is 2.78. The van der Waals surface area contributed by atoms with Gasteiger partial charge >= 0.3 is 18.9 Å². The van der Waals surface area contributed by atoms with Gasteiger partial charge in [0.25, 0.3) is 0 Å². The van der Waals surface area contributed by atoms with Gasteiger partial charge < -0.3 is 0 Å². The molecule has 0 aromatic heterocycles. The van der Waals surface area contributed by atoms with E-state index >= 15 is 0 Å². The van der Waals surface area contributed by atoms with Gasteiger partial charge in [-0.25, -0.2) is 8.42 Å². The second-order valence-electron chi connectivity index (χ2n) is 0.926. The zero-order chi connectivity index (χ0) is 4.50. The molecule has 0 atom stereocenters. The van der Waals surface area contributed by atoms with Gasteiger partial charge in [-0.3, -0.25) is 0 Å². The second kappa shape index (κ2) is 2.68. The monoisotopic (exact) mass is 101 g/mol. The Balaban J connectivity index is 0. The van der Waals surface area contributed by atoms with Crippen molar-refractivity contribution in [3.63, 3.8) is 0 Å². The molecule has 0 fully saturated rings. The molecule has 2 nitrogen and oxygen atoms in total. The van der Waals surface area contributed by atoms with Crippen LogP contribution in [-0.4, -0.2) is 33.5 Å². The Kier molecular flexibility index (Phi) is 4.35. The van der Waals surface area contributed by atoms with Crippen molar-refractivity contribution < 1.29 is 8.42 Å². The fraction of sp³-hybridized carbons (Fsp3) is 0.500. The van der Waals surface area contributed by atoms with Gasteiger partial charge in [0.1, 0.15) is 9.84 Å². The molecule has 0 aromatic carbocycles. The number of hydrogen-bond donors (Lipinski definition) is 0. The summed E-state index contributed by atoms with van der Waals surface area (Å²) < 4.78 is 19.0. The van der Waals surface area contributed by atoms with E-state index in [1.165, 1.54) is 0 Å². The minimum absolute atomic E-state index is 0. The molecule has 0 aliphatic heterocycles. The Hall–Kier alpha value is 0.547. The first-order valence-electron chi connectivity index (χ1n) is 1.03. The number of rotatable bonds is 0. The van der Waals surface area contributed by atoms with Crippen molar-refractivity contribution in [2.24, 2.45) is 0 Å². The van der Waals surface area contributed by atoms with Crippen molar-refractivity contribution in [3.8, 4) is 0 Å². The van der Waals surface area contributed by atoms with Crippen LogP contribution in [0.5, 0.6) is 0 Å². The van der Waals surface area contributed by atoms with Crippen molar-refractivity contribution >= 4 is 28.7 Å². The topological polar surface area (TPSA) is 34.1 Å². The standard InChI is InChI=1S/C2H5O2S.Li.H/c1-5(2,3)4;;/h1H2,2H3;;. The van der Waals surface area contributed by atoms with Gasteiger partial charge in [0.05, 0.1) is 6.26 Å². The van der Waals surface area contributed by atoms with Gasteiger partial charge in [-0.2, -0.15) is 0 Å². The summed E-state index contributed by atoms with van der Waals surface area (Å²) in [7, 11) is -2.92. The minimum atomic E-state index is -2.92. The van der Waals surface area contributed by atoms with E-state index in [0.717, 1.165) is 6.26 Å². The average molecular weight is 101 g/mol. The molecule has 0 aliphatic carbocycles. The van der Waals surface area contributed by atoms with Gasteiger partial charge in [-0.1, -0.05) is 0 Å². The third-order valence-electron chi connectivity index (χ3n) is 0. The molecule has 0 heterocycles. The maximum absolute atomic E-state index is 9.52. The summed E-state index contributed by atoms with van der Waals surface area (Å²) in [5, 5.41) is 0. The molecule has 0 spiro atoms. The fourth-order valence-electron chi connectivity index (χ4n) is 0. The van der Waals surface area contributed by atoms with Crippen LogP contribution in [0.25, 0.3) is 0 Å². The molecule has 0 N–H and O–H groups in total. The molecule has 0 amide bonds. The van der Waals surface area contributed by atoms with Crippen LogP contribution in [0.15, 0.2) is 0 Å². The van der Waals surface area contributed by atoms with Crippen molar-refractivity contribution in [2.45, 2.75) is 0 Å². The predicted octanol–water partition coefficient (Wildman–Crippen LogP) is -0.826.